The third kappa shape index (κ3) is 1.56. The number of fused-ring (bicyclic) bond motifs is 1. The van der Waals surface area contributed by atoms with Crippen LogP contribution in [0.3, 0.4) is 0 Å². The van der Waals surface area contributed by atoms with Gasteiger partial charge in [-0.1, -0.05) is 0 Å². The van der Waals surface area contributed by atoms with E-state index in [1.54, 1.807) is 6.07 Å². The molecule has 6 nitrogen and oxygen atoms in total. The van der Waals surface area contributed by atoms with Crippen molar-refractivity contribution in [3.63, 3.8) is 0 Å². The summed E-state index contributed by atoms with van der Waals surface area (Å²) in [5, 5.41) is 10.4. The molecule has 0 fully saturated rings. The molecule has 0 bridgehead atoms. The molecule has 0 spiro atoms. The Morgan fingerprint density at radius 1 is 1.53 bits per heavy atom. The van der Waals surface area contributed by atoms with E-state index < -0.39 is 10.9 Å². The molecule has 0 radical (unpaired) electrons. The summed E-state index contributed by atoms with van der Waals surface area (Å²) in [5.41, 5.74) is 1.06. The minimum Gasteiger partial charge on any atom is -0.381 e. The van der Waals surface area contributed by atoms with Crippen LogP contribution in [0.4, 0.5) is 6.01 Å². The Balaban J connectivity index is 2.62. The molecule has 0 aliphatic carbocycles. The fourth-order valence-electron chi connectivity index (χ4n) is 1.21. The number of ketones is 1. The number of aromatic nitrogens is 1. The number of carbonyl (C=O) groups excluding carboxylic acids is 1. The van der Waals surface area contributed by atoms with E-state index in [1.165, 1.54) is 19.1 Å². The second-order valence-corrected chi connectivity index (χ2v) is 2.99. The highest BCUT2D eigenvalue weighted by atomic mass is 16.7. The summed E-state index contributed by atoms with van der Waals surface area (Å²) >= 11 is 0. The number of Topliss-reactive ketones (excluding diaryl/α,β-unsaturated/α-hetero) is 1. The SMILES string of the molecule is CC(=O)c1ccc2oc([N+](=O)[O-])nc2c1. The molecule has 0 amide bonds. The molecule has 0 saturated carbocycles. The largest absolute Gasteiger partial charge is 0.546 e. The predicted molar refractivity (Wildman–Crippen MR) is 50.7 cm³/mol. The van der Waals surface area contributed by atoms with Crippen LogP contribution in [0, 0.1) is 10.1 Å². The van der Waals surface area contributed by atoms with Gasteiger partial charge in [0.1, 0.15) is 0 Å². The third-order valence-corrected chi connectivity index (χ3v) is 1.94. The molecular formula is C9H6N2O4. The highest BCUT2D eigenvalue weighted by Gasteiger charge is 2.18. The van der Waals surface area contributed by atoms with Gasteiger partial charge in [0.2, 0.25) is 5.52 Å². The standard InChI is InChI=1S/C9H6N2O4/c1-5(12)6-2-3-8-7(4-6)10-9(15-8)11(13)14/h2-4H,1H3. The van der Waals surface area contributed by atoms with E-state index in [4.69, 9.17) is 4.42 Å². The maximum Gasteiger partial charge on any atom is 0.546 e. The minimum atomic E-state index is -0.715. The van der Waals surface area contributed by atoms with Crippen molar-refractivity contribution in [3.8, 4) is 0 Å². The zero-order valence-electron chi connectivity index (χ0n) is 7.76. The molecule has 0 saturated heterocycles. The topological polar surface area (TPSA) is 86.2 Å². The summed E-state index contributed by atoms with van der Waals surface area (Å²) in [6.45, 7) is 1.41. The summed E-state index contributed by atoms with van der Waals surface area (Å²) in [6.07, 6.45) is 0. The van der Waals surface area contributed by atoms with Gasteiger partial charge in [-0.25, -0.2) is 0 Å². The lowest BCUT2D eigenvalue weighted by atomic mass is 10.1. The van der Waals surface area contributed by atoms with Crippen molar-refractivity contribution >= 4 is 22.9 Å². The molecule has 0 aliphatic rings. The van der Waals surface area contributed by atoms with E-state index in [2.05, 4.69) is 4.98 Å². The number of benzene rings is 1. The van der Waals surface area contributed by atoms with Crippen LogP contribution >= 0.6 is 0 Å². The van der Waals surface area contributed by atoms with Gasteiger partial charge in [-0.05, 0) is 19.1 Å². The minimum absolute atomic E-state index is 0.123. The Hall–Kier alpha value is -2.24. The van der Waals surface area contributed by atoms with Crippen LogP contribution in [0.15, 0.2) is 22.6 Å². The molecule has 0 unspecified atom stereocenters. The van der Waals surface area contributed by atoms with Crippen LogP contribution in [0.2, 0.25) is 0 Å². The van der Waals surface area contributed by atoms with Gasteiger partial charge in [0.25, 0.3) is 0 Å². The van der Waals surface area contributed by atoms with Gasteiger partial charge in [-0.3, -0.25) is 4.79 Å². The number of oxazole rings is 1. The second-order valence-electron chi connectivity index (χ2n) is 2.99. The van der Waals surface area contributed by atoms with Gasteiger partial charge in [-0.2, -0.15) is 0 Å². The maximum absolute atomic E-state index is 11.0. The average Bonchev–Trinajstić information content (AvgIpc) is 2.59. The van der Waals surface area contributed by atoms with Gasteiger partial charge < -0.3 is 14.5 Å². The summed E-state index contributed by atoms with van der Waals surface area (Å²) < 4.78 is 4.84. The Morgan fingerprint density at radius 2 is 2.27 bits per heavy atom. The van der Waals surface area contributed by atoms with Crippen molar-refractivity contribution in [2.45, 2.75) is 6.92 Å². The van der Waals surface area contributed by atoms with Crippen molar-refractivity contribution in [1.29, 1.82) is 0 Å². The van der Waals surface area contributed by atoms with Crippen molar-refractivity contribution in [2.75, 3.05) is 0 Å². The first-order valence-corrected chi connectivity index (χ1v) is 4.14. The molecule has 6 heteroatoms. The van der Waals surface area contributed by atoms with E-state index in [9.17, 15) is 14.9 Å². The maximum atomic E-state index is 11.0. The molecule has 0 N–H and O–H groups in total. The average molecular weight is 206 g/mol. The Morgan fingerprint density at radius 3 is 2.87 bits per heavy atom. The fraction of sp³-hybridized carbons (Fsp3) is 0.111. The molecule has 1 heterocycles. The Bertz CT molecular complexity index is 546. The number of rotatable bonds is 2. The highest BCUT2D eigenvalue weighted by Crippen LogP contribution is 2.21. The molecule has 1 aromatic carbocycles. The number of hydrogen-bond acceptors (Lipinski definition) is 5. The van der Waals surface area contributed by atoms with Crippen LogP contribution < -0.4 is 0 Å². The normalized spacial score (nSPS) is 10.5. The van der Waals surface area contributed by atoms with E-state index in [0.717, 1.165) is 0 Å². The van der Waals surface area contributed by atoms with E-state index in [0.29, 0.717) is 16.7 Å². The van der Waals surface area contributed by atoms with Gasteiger partial charge in [-0.15, -0.1) is 0 Å². The van der Waals surface area contributed by atoms with Crippen LogP contribution in [0.1, 0.15) is 17.3 Å². The van der Waals surface area contributed by atoms with E-state index in [-0.39, 0.29) is 5.78 Å². The van der Waals surface area contributed by atoms with E-state index >= 15 is 0 Å². The van der Waals surface area contributed by atoms with Crippen LogP contribution in [-0.2, 0) is 0 Å². The number of hydrogen-bond donors (Lipinski definition) is 0. The lowest BCUT2D eigenvalue weighted by Gasteiger charge is -1.90. The van der Waals surface area contributed by atoms with Crippen molar-refractivity contribution in [3.05, 3.63) is 33.9 Å². The molecule has 2 aromatic rings. The first kappa shape index (κ1) is 9.32. The van der Waals surface area contributed by atoms with Gasteiger partial charge in [0.15, 0.2) is 11.4 Å². The first-order valence-electron chi connectivity index (χ1n) is 4.14. The zero-order valence-corrected chi connectivity index (χ0v) is 7.76. The lowest BCUT2D eigenvalue weighted by Crippen LogP contribution is -1.90. The predicted octanol–water partition coefficient (Wildman–Crippen LogP) is 1.94. The number of carbonyl (C=O) groups is 1. The van der Waals surface area contributed by atoms with Crippen molar-refractivity contribution in [1.82, 2.24) is 4.98 Å². The van der Waals surface area contributed by atoms with Crippen LogP contribution in [0.25, 0.3) is 11.1 Å². The molecule has 15 heavy (non-hydrogen) atoms. The molecule has 1 aromatic heterocycles. The summed E-state index contributed by atoms with van der Waals surface area (Å²) in [7, 11) is 0. The molecule has 76 valence electrons. The summed E-state index contributed by atoms with van der Waals surface area (Å²) in [5.74, 6) is -0.123. The van der Waals surface area contributed by atoms with Crippen LogP contribution in [-0.4, -0.2) is 15.7 Å². The molecule has 0 aliphatic heterocycles. The van der Waals surface area contributed by atoms with Crippen molar-refractivity contribution < 1.29 is 14.1 Å². The van der Waals surface area contributed by atoms with E-state index in [1.807, 2.05) is 0 Å². The third-order valence-electron chi connectivity index (χ3n) is 1.94. The summed E-state index contributed by atoms with van der Waals surface area (Å²) in [4.78, 5) is 24.3. The summed E-state index contributed by atoms with van der Waals surface area (Å²) in [6, 6.07) is 3.94. The fourth-order valence-corrected chi connectivity index (χ4v) is 1.21. The van der Waals surface area contributed by atoms with Gasteiger partial charge >= 0.3 is 6.01 Å². The van der Waals surface area contributed by atoms with Gasteiger partial charge in [0.05, 0.1) is 0 Å². The smallest absolute Gasteiger partial charge is 0.381 e. The van der Waals surface area contributed by atoms with Gasteiger partial charge in [0, 0.05) is 21.5 Å². The quantitative estimate of drug-likeness (QED) is 0.425. The Kier molecular flexibility index (Phi) is 1.96. The number of nitrogens with zero attached hydrogens (tertiary/aromatic N) is 2. The monoisotopic (exact) mass is 206 g/mol. The van der Waals surface area contributed by atoms with Crippen molar-refractivity contribution in [2.24, 2.45) is 0 Å². The number of nitro groups is 1. The molecule has 0 atom stereocenters. The zero-order chi connectivity index (χ0) is 11.0. The highest BCUT2D eigenvalue weighted by molar-refractivity contribution is 5.97. The Labute approximate surface area is 83.7 Å². The van der Waals surface area contributed by atoms with Crippen LogP contribution in [0.5, 0.6) is 0 Å². The lowest BCUT2D eigenvalue weighted by molar-refractivity contribution is -0.406. The molecule has 2 rings (SSSR count). The first-order chi connectivity index (χ1) is 7.08. The second kappa shape index (κ2) is 3.16. The molecular weight excluding hydrogens is 200 g/mol.